The van der Waals surface area contributed by atoms with E-state index in [4.69, 9.17) is 9.47 Å². The lowest BCUT2D eigenvalue weighted by Gasteiger charge is -2.33. The van der Waals surface area contributed by atoms with Gasteiger partial charge in [0.15, 0.2) is 0 Å². The molecule has 0 heterocycles. The Balaban J connectivity index is 1.28. The second-order valence-electron chi connectivity index (χ2n) is 13.6. The Kier molecular flexibility index (Phi) is 14.8. The molecule has 0 saturated heterocycles. The first kappa shape index (κ1) is 44.6. The van der Waals surface area contributed by atoms with Crippen LogP contribution in [0.15, 0.2) is 84.9 Å². The van der Waals surface area contributed by atoms with Crippen molar-refractivity contribution in [2.45, 2.75) is 101 Å². The van der Waals surface area contributed by atoms with Crippen LogP contribution in [0.3, 0.4) is 0 Å². The highest BCUT2D eigenvalue weighted by Crippen LogP contribution is 2.54. The van der Waals surface area contributed by atoms with Gasteiger partial charge in [0, 0.05) is 6.42 Å². The predicted octanol–water partition coefficient (Wildman–Crippen LogP) is 12.3. The standard InChI is InChI=1S/C42H41F9O6/c1-3-4-5-6-7-8-9-10-36(52)56-34-20-17-29(18-21-34)28-11-13-30(14-12-28)38(54)57-35-22-19-32-25-31(15-16-33(32)26-35)27(2)37(53)55-24-23-39(43,44)40(45,46)41(47,48)42(49,50)51/h11-22,25-27H,3-10,23-24H2,1-2H3/t27-/m0/s1. The molecule has 0 radical (unpaired) electrons. The molecule has 0 aliphatic rings. The number of rotatable bonds is 19. The van der Waals surface area contributed by atoms with Gasteiger partial charge in [-0.2, -0.15) is 39.5 Å². The third kappa shape index (κ3) is 11.3. The van der Waals surface area contributed by atoms with E-state index in [1.54, 1.807) is 54.6 Å². The van der Waals surface area contributed by atoms with Gasteiger partial charge in [-0.05, 0) is 77.2 Å². The summed E-state index contributed by atoms with van der Waals surface area (Å²) in [6.07, 6.45) is -1.16. The van der Waals surface area contributed by atoms with Gasteiger partial charge in [0.2, 0.25) is 0 Å². The van der Waals surface area contributed by atoms with Crippen molar-refractivity contribution in [3.8, 4) is 22.6 Å². The minimum Gasteiger partial charge on any atom is -0.465 e. The van der Waals surface area contributed by atoms with E-state index >= 15 is 0 Å². The van der Waals surface area contributed by atoms with E-state index in [1.807, 2.05) is 0 Å². The van der Waals surface area contributed by atoms with Gasteiger partial charge < -0.3 is 14.2 Å². The van der Waals surface area contributed by atoms with Crippen LogP contribution in [0.5, 0.6) is 11.5 Å². The highest BCUT2D eigenvalue weighted by Gasteiger charge is 2.81. The Morgan fingerprint density at radius 3 is 1.77 bits per heavy atom. The number of halogens is 9. The highest BCUT2D eigenvalue weighted by molar-refractivity contribution is 5.93. The molecule has 0 spiro atoms. The summed E-state index contributed by atoms with van der Waals surface area (Å²) in [5, 5.41) is 1.09. The zero-order valence-electron chi connectivity index (χ0n) is 31.1. The van der Waals surface area contributed by atoms with Crippen LogP contribution in [0.1, 0.15) is 93.5 Å². The number of ether oxygens (including phenoxy) is 3. The lowest BCUT2D eigenvalue weighted by Crippen LogP contribution is -2.61. The summed E-state index contributed by atoms with van der Waals surface area (Å²) in [5.74, 6) is -22.4. The Morgan fingerprint density at radius 1 is 0.614 bits per heavy atom. The molecule has 57 heavy (non-hydrogen) atoms. The molecule has 0 unspecified atom stereocenters. The van der Waals surface area contributed by atoms with E-state index < -0.39 is 54.8 Å². The number of carbonyl (C=O) groups is 3. The molecule has 0 saturated carbocycles. The van der Waals surface area contributed by atoms with Crippen molar-refractivity contribution in [2.24, 2.45) is 0 Å². The summed E-state index contributed by atoms with van der Waals surface area (Å²) in [4.78, 5) is 37.6. The number of hydrogen-bond acceptors (Lipinski definition) is 6. The molecule has 1 atom stereocenters. The van der Waals surface area contributed by atoms with E-state index in [9.17, 15) is 53.9 Å². The van der Waals surface area contributed by atoms with Crippen LogP contribution in [-0.2, 0) is 14.3 Å². The maximum atomic E-state index is 13.8. The predicted molar refractivity (Wildman–Crippen MR) is 194 cm³/mol. The van der Waals surface area contributed by atoms with Gasteiger partial charge in [-0.1, -0.05) is 94.0 Å². The summed E-state index contributed by atoms with van der Waals surface area (Å²) in [7, 11) is 0. The van der Waals surface area contributed by atoms with Crippen LogP contribution < -0.4 is 9.47 Å². The SMILES string of the molecule is CCCCCCCCCC(=O)Oc1ccc(-c2ccc(C(=O)Oc3ccc4cc([C@H](C)C(=O)OCCC(F)(F)C(F)(F)C(F)(F)C(F)(F)F)ccc4c3)cc2)cc1. The Hall–Kier alpha value is -5.08. The fraction of sp³-hybridized carbons (Fsp3) is 0.405. The van der Waals surface area contributed by atoms with Crippen molar-refractivity contribution >= 4 is 28.7 Å². The average molecular weight is 813 g/mol. The molecule has 0 aromatic heterocycles. The fourth-order valence-electron chi connectivity index (χ4n) is 5.77. The number of fused-ring (bicyclic) bond motifs is 1. The van der Waals surface area contributed by atoms with Crippen molar-refractivity contribution in [1.29, 1.82) is 0 Å². The first-order valence-electron chi connectivity index (χ1n) is 18.3. The van der Waals surface area contributed by atoms with Crippen molar-refractivity contribution in [1.82, 2.24) is 0 Å². The van der Waals surface area contributed by atoms with Gasteiger partial charge in [-0.15, -0.1) is 0 Å². The largest absolute Gasteiger partial charge is 0.465 e. The second kappa shape index (κ2) is 18.9. The van der Waals surface area contributed by atoms with Gasteiger partial charge in [-0.3, -0.25) is 9.59 Å². The molecule has 0 bridgehead atoms. The molecular formula is C42H41F9O6. The second-order valence-corrected chi connectivity index (χ2v) is 13.6. The van der Waals surface area contributed by atoms with Crippen LogP contribution in [0.2, 0.25) is 0 Å². The zero-order valence-corrected chi connectivity index (χ0v) is 31.1. The summed E-state index contributed by atoms with van der Waals surface area (Å²) in [5.41, 5.74) is 2.16. The van der Waals surface area contributed by atoms with E-state index in [0.29, 0.717) is 22.9 Å². The maximum absolute atomic E-state index is 13.8. The summed E-state index contributed by atoms with van der Waals surface area (Å²) < 4.78 is 133. The van der Waals surface area contributed by atoms with Crippen LogP contribution in [-0.4, -0.2) is 48.5 Å². The number of alkyl halides is 9. The third-order valence-corrected chi connectivity index (χ3v) is 9.29. The third-order valence-electron chi connectivity index (χ3n) is 9.29. The molecule has 0 amide bonds. The maximum Gasteiger partial charge on any atom is 0.460 e. The van der Waals surface area contributed by atoms with E-state index in [-0.39, 0.29) is 22.8 Å². The molecule has 0 aliphatic carbocycles. The molecule has 4 rings (SSSR count). The Morgan fingerprint density at radius 2 is 1.16 bits per heavy atom. The number of esters is 3. The molecule has 4 aromatic rings. The topological polar surface area (TPSA) is 78.9 Å². The van der Waals surface area contributed by atoms with Gasteiger partial charge >= 0.3 is 41.9 Å². The van der Waals surface area contributed by atoms with E-state index in [0.717, 1.165) is 30.4 Å². The monoisotopic (exact) mass is 812 g/mol. The first-order chi connectivity index (χ1) is 26.8. The first-order valence-corrected chi connectivity index (χ1v) is 18.3. The molecule has 0 fully saturated rings. The molecule has 6 nitrogen and oxygen atoms in total. The molecule has 308 valence electrons. The van der Waals surface area contributed by atoms with Crippen LogP contribution in [0.25, 0.3) is 21.9 Å². The minimum atomic E-state index is -7.03. The summed E-state index contributed by atoms with van der Waals surface area (Å²) in [6, 6.07) is 22.7. The summed E-state index contributed by atoms with van der Waals surface area (Å²) >= 11 is 0. The molecule has 4 aromatic carbocycles. The van der Waals surface area contributed by atoms with Crippen molar-refractivity contribution in [3.63, 3.8) is 0 Å². The normalized spacial score (nSPS) is 13.0. The van der Waals surface area contributed by atoms with E-state index in [2.05, 4.69) is 11.7 Å². The van der Waals surface area contributed by atoms with Crippen LogP contribution >= 0.6 is 0 Å². The highest BCUT2D eigenvalue weighted by atomic mass is 19.4. The van der Waals surface area contributed by atoms with Crippen molar-refractivity contribution < 1.29 is 68.1 Å². The minimum absolute atomic E-state index is 0.183. The smallest absolute Gasteiger partial charge is 0.460 e. The number of unbranched alkanes of at least 4 members (excludes halogenated alkanes) is 6. The quantitative estimate of drug-likeness (QED) is 0.0406. The molecule has 0 aliphatic heterocycles. The zero-order chi connectivity index (χ0) is 42.0. The number of hydrogen-bond donors (Lipinski definition) is 0. The molecule has 15 heteroatoms. The van der Waals surface area contributed by atoms with Crippen LogP contribution in [0.4, 0.5) is 39.5 Å². The van der Waals surface area contributed by atoms with Gasteiger partial charge in [-0.25, -0.2) is 4.79 Å². The Labute approximate surface area is 323 Å². The molecular weight excluding hydrogens is 771 g/mol. The number of carbonyl (C=O) groups excluding carboxylic acids is 3. The van der Waals surface area contributed by atoms with Gasteiger partial charge in [0.25, 0.3) is 0 Å². The average Bonchev–Trinajstić information content (AvgIpc) is 3.16. The Bertz CT molecular complexity index is 1980. The summed E-state index contributed by atoms with van der Waals surface area (Å²) in [6.45, 7) is 1.89. The number of benzene rings is 4. The molecule has 0 N–H and O–H groups in total. The lowest BCUT2D eigenvalue weighted by molar-refractivity contribution is -0.397. The lowest BCUT2D eigenvalue weighted by atomic mass is 9.97. The van der Waals surface area contributed by atoms with E-state index in [1.165, 1.54) is 62.9 Å². The van der Waals surface area contributed by atoms with Crippen molar-refractivity contribution in [2.75, 3.05) is 6.61 Å². The van der Waals surface area contributed by atoms with Gasteiger partial charge in [0.1, 0.15) is 11.5 Å². The fourth-order valence-corrected chi connectivity index (χ4v) is 5.77. The van der Waals surface area contributed by atoms with Gasteiger partial charge in [0.05, 0.1) is 24.5 Å². The van der Waals surface area contributed by atoms with Crippen LogP contribution in [0, 0.1) is 0 Å². The van der Waals surface area contributed by atoms with Crippen molar-refractivity contribution in [3.05, 3.63) is 96.1 Å².